The van der Waals surface area contributed by atoms with Crippen molar-refractivity contribution in [3.63, 3.8) is 0 Å². The van der Waals surface area contributed by atoms with Crippen molar-refractivity contribution >= 4 is 29.2 Å². The smallest absolute Gasteiger partial charge is 0.294 e. The number of rotatable bonds is 6. The minimum atomic E-state index is -1.40. The van der Waals surface area contributed by atoms with E-state index in [-0.39, 0.29) is 17.1 Å². The van der Waals surface area contributed by atoms with Crippen LogP contribution in [0.2, 0.25) is 0 Å². The molecule has 1 aromatic carbocycles. The molecule has 31 heavy (non-hydrogen) atoms. The fourth-order valence-electron chi connectivity index (χ4n) is 3.50. The number of fused-ring (bicyclic) bond motifs is 1. The maximum atomic E-state index is 13.5. The Kier molecular flexibility index (Phi) is 5.97. The van der Waals surface area contributed by atoms with Crippen molar-refractivity contribution < 1.29 is 23.6 Å². The van der Waals surface area contributed by atoms with Crippen molar-refractivity contribution in [1.29, 1.82) is 0 Å². The predicted molar refractivity (Wildman–Crippen MR) is 112 cm³/mol. The summed E-state index contributed by atoms with van der Waals surface area (Å²) in [6.07, 6.45) is 2.22. The SMILES string of the molecule is Cc1cc(NC(=O)c2cc(C(=O)C(=O)NC(C)(C)C(N)=O)n3c2CCCC3)ccc1F. The topological polar surface area (TPSA) is 123 Å². The number of carbonyl (C=O) groups is 4. The molecule has 1 aliphatic rings. The maximum Gasteiger partial charge on any atom is 0.294 e. The summed E-state index contributed by atoms with van der Waals surface area (Å²) >= 11 is 0. The van der Waals surface area contributed by atoms with E-state index in [0.717, 1.165) is 12.8 Å². The second kappa shape index (κ2) is 8.33. The van der Waals surface area contributed by atoms with Crippen LogP contribution in [0.5, 0.6) is 0 Å². The van der Waals surface area contributed by atoms with Crippen molar-refractivity contribution in [3.8, 4) is 0 Å². The number of aromatic nitrogens is 1. The number of anilines is 1. The van der Waals surface area contributed by atoms with Gasteiger partial charge < -0.3 is 20.9 Å². The quantitative estimate of drug-likeness (QED) is 0.481. The third-order valence-corrected chi connectivity index (χ3v) is 5.40. The highest BCUT2D eigenvalue weighted by atomic mass is 19.1. The molecule has 8 nitrogen and oxygen atoms in total. The molecule has 3 amide bonds. The average Bonchev–Trinajstić information content (AvgIpc) is 3.09. The molecule has 0 saturated carbocycles. The molecule has 0 unspecified atom stereocenters. The zero-order valence-corrected chi connectivity index (χ0v) is 17.7. The Morgan fingerprint density at radius 1 is 1.13 bits per heavy atom. The largest absolute Gasteiger partial charge is 0.368 e. The van der Waals surface area contributed by atoms with Gasteiger partial charge >= 0.3 is 0 Å². The monoisotopic (exact) mass is 428 g/mol. The number of aryl methyl sites for hydroxylation is 1. The number of amides is 3. The predicted octanol–water partition coefficient (Wildman–Crippen LogP) is 2.09. The molecular weight excluding hydrogens is 403 g/mol. The van der Waals surface area contributed by atoms with Gasteiger partial charge in [0, 0.05) is 17.9 Å². The van der Waals surface area contributed by atoms with E-state index in [9.17, 15) is 23.6 Å². The van der Waals surface area contributed by atoms with Gasteiger partial charge in [-0.1, -0.05) is 0 Å². The molecule has 9 heteroatoms. The Balaban J connectivity index is 1.90. The van der Waals surface area contributed by atoms with Crippen LogP contribution in [0.1, 0.15) is 58.8 Å². The Morgan fingerprint density at radius 2 is 1.84 bits per heavy atom. The Morgan fingerprint density at radius 3 is 2.48 bits per heavy atom. The molecule has 164 valence electrons. The molecule has 0 atom stereocenters. The van der Waals surface area contributed by atoms with E-state index in [4.69, 9.17) is 5.73 Å². The number of primary amides is 1. The third-order valence-electron chi connectivity index (χ3n) is 5.40. The lowest BCUT2D eigenvalue weighted by atomic mass is 10.0. The maximum absolute atomic E-state index is 13.5. The lowest BCUT2D eigenvalue weighted by Crippen LogP contribution is -2.54. The molecule has 0 bridgehead atoms. The summed E-state index contributed by atoms with van der Waals surface area (Å²) in [5.74, 6) is -3.43. The number of hydrogen-bond donors (Lipinski definition) is 3. The van der Waals surface area contributed by atoms with Crippen LogP contribution >= 0.6 is 0 Å². The van der Waals surface area contributed by atoms with Gasteiger partial charge in [0.15, 0.2) is 0 Å². The summed E-state index contributed by atoms with van der Waals surface area (Å²) in [4.78, 5) is 49.7. The van der Waals surface area contributed by atoms with Gasteiger partial charge in [-0.05, 0) is 69.9 Å². The lowest BCUT2D eigenvalue weighted by molar-refractivity contribution is -0.128. The summed E-state index contributed by atoms with van der Waals surface area (Å²) in [6, 6.07) is 5.63. The highest BCUT2D eigenvalue weighted by molar-refractivity contribution is 6.43. The first-order valence-corrected chi connectivity index (χ1v) is 9.98. The molecule has 1 aliphatic heterocycles. The van der Waals surface area contributed by atoms with Crippen molar-refractivity contribution in [1.82, 2.24) is 9.88 Å². The molecule has 2 heterocycles. The summed E-state index contributed by atoms with van der Waals surface area (Å²) in [6.45, 7) is 4.88. The normalized spacial score (nSPS) is 13.3. The van der Waals surface area contributed by atoms with Gasteiger partial charge in [-0.2, -0.15) is 0 Å². The van der Waals surface area contributed by atoms with Crippen LogP contribution in [0.15, 0.2) is 24.3 Å². The van der Waals surface area contributed by atoms with Crippen molar-refractivity contribution in [2.24, 2.45) is 5.73 Å². The molecule has 2 aromatic rings. The second-order valence-electron chi connectivity index (χ2n) is 8.19. The third kappa shape index (κ3) is 4.50. The van der Waals surface area contributed by atoms with Gasteiger partial charge in [0.1, 0.15) is 11.4 Å². The number of ketones is 1. The minimum absolute atomic E-state index is 0.0768. The molecule has 3 rings (SSSR count). The van der Waals surface area contributed by atoms with Crippen LogP contribution in [0.4, 0.5) is 10.1 Å². The first-order valence-electron chi connectivity index (χ1n) is 9.98. The number of nitrogens with zero attached hydrogens (tertiary/aromatic N) is 1. The number of hydrogen-bond acceptors (Lipinski definition) is 4. The second-order valence-corrected chi connectivity index (χ2v) is 8.19. The van der Waals surface area contributed by atoms with Gasteiger partial charge in [0.25, 0.3) is 17.6 Å². The molecule has 0 fully saturated rings. The lowest BCUT2D eigenvalue weighted by Gasteiger charge is -2.22. The minimum Gasteiger partial charge on any atom is -0.368 e. The van der Waals surface area contributed by atoms with E-state index in [2.05, 4.69) is 10.6 Å². The van der Waals surface area contributed by atoms with Crippen molar-refractivity contribution in [3.05, 3.63) is 52.6 Å². The zero-order valence-electron chi connectivity index (χ0n) is 17.7. The van der Waals surface area contributed by atoms with Crippen LogP contribution in [-0.4, -0.2) is 33.6 Å². The first-order chi connectivity index (χ1) is 14.5. The number of benzene rings is 1. The van der Waals surface area contributed by atoms with Crippen LogP contribution < -0.4 is 16.4 Å². The van der Waals surface area contributed by atoms with E-state index in [1.54, 1.807) is 11.5 Å². The molecule has 4 N–H and O–H groups in total. The molecule has 0 aliphatic carbocycles. The van der Waals surface area contributed by atoms with Gasteiger partial charge in [-0.3, -0.25) is 19.2 Å². The van der Waals surface area contributed by atoms with E-state index in [1.807, 2.05) is 0 Å². The molecule has 0 spiro atoms. The highest BCUT2D eigenvalue weighted by Gasteiger charge is 2.33. The van der Waals surface area contributed by atoms with Gasteiger partial charge in [0.05, 0.1) is 11.3 Å². The van der Waals surface area contributed by atoms with E-state index in [0.29, 0.717) is 29.9 Å². The highest BCUT2D eigenvalue weighted by Crippen LogP contribution is 2.26. The van der Waals surface area contributed by atoms with Gasteiger partial charge in [-0.15, -0.1) is 0 Å². The summed E-state index contributed by atoms with van der Waals surface area (Å²) in [5, 5.41) is 5.06. The standard InChI is InChI=1S/C22H25FN4O4/c1-12-10-13(7-8-15(12)23)25-19(29)14-11-17(27-9-5-4-6-16(14)27)18(28)20(30)26-22(2,3)21(24)31/h7-8,10-11H,4-6,9H2,1-3H3,(H2,24,31)(H,25,29)(H,26,30). The Hall–Kier alpha value is -3.49. The fourth-order valence-corrected chi connectivity index (χ4v) is 3.50. The Bertz CT molecular complexity index is 1090. The van der Waals surface area contributed by atoms with Crippen molar-refractivity contribution in [2.75, 3.05) is 5.32 Å². The Labute approximate surface area is 179 Å². The first kappa shape index (κ1) is 22.2. The van der Waals surface area contributed by atoms with Crippen LogP contribution in [0, 0.1) is 12.7 Å². The number of nitrogens with two attached hydrogens (primary N) is 1. The molecule has 0 saturated heterocycles. The van der Waals surface area contributed by atoms with E-state index < -0.39 is 29.0 Å². The fraction of sp³-hybridized carbons (Fsp3) is 0.364. The summed E-state index contributed by atoms with van der Waals surface area (Å²) in [7, 11) is 0. The number of carbonyl (C=O) groups excluding carboxylic acids is 4. The molecular formula is C22H25FN4O4. The number of Topliss-reactive ketones (excluding diaryl/α,β-unsaturated/α-hetero) is 1. The van der Waals surface area contributed by atoms with E-state index in [1.165, 1.54) is 38.1 Å². The van der Waals surface area contributed by atoms with Crippen molar-refractivity contribution in [2.45, 2.75) is 52.1 Å². The average molecular weight is 428 g/mol. The number of halogens is 1. The van der Waals surface area contributed by atoms with Crippen LogP contribution in [-0.2, 0) is 22.6 Å². The zero-order chi connectivity index (χ0) is 22.9. The molecule has 1 aromatic heterocycles. The van der Waals surface area contributed by atoms with E-state index >= 15 is 0 Å². The molecule has 0 radical (unpaired) electrons. The van der Waals surface area contributed by atoms with Gasteiger partial charge in [-0.25, -0.2) is 4.39 Å². The number of nitrogens with one attached hydrogen (secondary N) is 2. The van der Waals surface area contributed by atoms with Crippen LogP contribution in [0.3, 0.4) is 0 Å². The summed E-state index contributed by atoms with van der Waals surface area (Å²) < 4.78 is 15.2. The van der Waals surface area contributed by atoms with Gasteiger partial charge in [0.2, 0.25) is 5.91 Å². The van der Waals surface area contributed by atoms with Crippen LogP contribution in [0.25, 0.3) is 0 Å². The summed E-state index contributed by atoms with van der Waals surface area (Å²) in [5.41, 5.74) is 5.70.